The summed E-state index contributed by atoms with van der Waals surface area (Å²) in [7, 11) is 1.58. The molecule has 0 atom stereocenters. The van der Waals surface area contributed by atoms with E-state index < -0.39 is 0 Å². The molecule has 29 heavy (non-hydrogen) atoms. The van der Waals surface area contributed by atoms with Gasteiger partial charge in [0.2, 0.25) is 0 Å². The third kappa shape index (κ3) is 3.53. The number of rotatable bonds is 3. The molecular weight excluding hydrogens is 370 g/mol. The molecule has 0 radical (unpaired) electrons. The van der Waals surface area contributed by atoms with Crippen LogP contribution in [0.1, 0.15) is 32.1 Å². The van der Waals surface area contributed by atoms with Gasteiger partial charge in [0.1, 0.15) is 11.3 Å². The fraction of sp³-hybridized carbons (Fsp3) is 0.333. The fourth-order valence-electron chi connectivity index (χ4n) is 3.64. The number of methoxy groups -OCH3 is 1. The highest BCUT2D eigenvalue weighted by Gasteiger charge is 2.27. The van der Waals surface area contributed by atoms with Crippen LogP contribution in [-0.4, -0.2) is 69.5 Å². The number of piperazine rings is 1. The van der Waals surface area contributed by atoms with E-state index in [1.54, 1.807) is 51.9 Å². The standard InChI is InChI=1S/C21H23N5O3/c1-14-11-15(2)26-19(23-14)18(13-22-26)21(28)25-9-7-24(8-10-25)20(27)16-5-4-6-17(12-16)29-3/h4-6,11-13H,7-10H2,1-3H3. The number of carbonyl (C=O) groups is 2. The van der Waals surface area contributed by atoms with Crippen molar-refractivity contribution in [3.63, 3.8) is 0 Å². The molecule has 0 bridgehead atoms. The third-order valence-corrected chi connectivity index (χ3v) is 5.18. The Morgan fingerprint density at radius 3 is 2.38 bits per heavy atom. The predicted octanol–water partition coefficient (Wildman–Crippen LogP) is 1.95. The molecule has 1 saturated heterocycles. The maximum Gasteiger partial charge on any atom is 0.259 e. The zero-order valence-electron chi connectivity index (χ0n) is 16.8. The van der Waals surface area contributed by atoms with Crippen molar-refractivity contribution in [2.75, 3.05) is 33.3 Å². The number of benzene rings is 1. The summed E-state index contributed by atoms with van der Waals surface area (Å²) in [5, 5.41) is 4.30. The molecule has 4 rings (SSSR count). The highest BCUT2D eigenvalue weighted by molar-refractivity contribution is 6.00. The minimum atomic E-state index is -0.106. The van der Waals surface area contributed by atoms with Gasteiger partial charge in [0.05, 0.1) is 13.3 Å². The molecule has 0 saturated carbocycles. The Kier molecular flexibility index (Phi) is 4.92. The Bertz CT molecular complexity index is 1080. The van der Waals surface area contributed by atoms with E-state index in [1.807, 2.05) is 19.9 Å². The van der Waals surface area contributed by atoms with Crippen molar-refractivity contribution in [1.82, 2.24) is 24.4 Å². The van der Waals surface area contributed by atoms with E-state index in [2.05, 4.69) is 10.1 Å². The Morgan fingerprint density at radius 2 is 1.69 bits per heavy atom. The first-order valence-corrected chi connectivity index (χ1v) is 9.52. The zero-order valence-corrected chi connectivity index (χ0v) is 16.8. The van der Waals surface area contributed by atoms with Crippen LogP contribution in [0.15, 0.2) is 36.5 Å². The van der Waals surface area contributed by atoms with Crippen LogP contribution in [0.4, 0.5) is 0 Å². The van der Waals surface area contributed by atoms with Crippen LogP contribution in [0.3, 0.4) is 0 Å². The number of hydrogen-bond donors (Lipinski definition) is 0. The number of ether oxygens (including phenoxy) is 1. The molecule has 150 valence electrons. The van der Waals surface area contributed by atoms with E-state index >= 15 is 0 Å². The van der Waals surface area contributed by atoms with Gasteiger partial charge in [0.15, 0.2) is 5.65 Å². The third-order valence-electron chi connectivity index (χ3n) is 5.18. The number of fused-ring (bicyclic) bond motifs is 1. The Balaban J connectivity index is 1.47. The smallest absolute Gasteiger partial charge is 0.259 e. The number of hydrogen-bond acceptors (Lipinski definition) is 5. The van der Waals surface area contributed by atoms with Crippen LogP contribution in [0.2, 0.25) is 0 Å². The number of carbonyl (C=O) groups excluding carboxylic acids is 2. The number of aromatic nitrogens is 3. The summed E-state index contributed by atoms with van der Waals surface area (Å²) >= 11 is 0. The van der Waals surface area contributed by atoms with Crippen LogP contribution >= 0.6 is 0 Å². The normalized spacial score (nSPS) is 14.3. The van der Waals surface area contributed by atoms with E-state index in [0.717, 1.165) is 11.4 Å². The fourth-order valence-corrected chi connectivity index (χ4v) is 3.64. The highest BCUT2D eigenvalue weighted by atomic mass is 16.5. The van der Waals surface area contributed by atoms with Crippen molar-refractivity contribution < 1.29 is 14.3 Å². The summed E-state index contributed by atoms with van der Waals surface area (Å²) in [5.74, 6) is 0.488. The maximum absolute atomic E-state index is 13.0. The molecule has 1 aromatic carbocycles. The average Bonchev–Trinajstić information content (AvgIpc) is 3.17. The van der Waals surface area contributed by atoms with Crippen LogP contribution < -0.4 is 4.74 Å². The highest BCUT2D eigenvalue weighted by Crippen LogP contribution is 2.18. The van der Waals surface area contributed by atoms with Crippen molar-refractivity contribution in [2.45, 2.75) is 13.8 Å². The Labute approximate surface area is 168 Å². The van der Waals surface area contributed by atoms with Crippen molar-refractivity contribution in [1.29, 1.82) is 0 Å². The van der Waals surface area contributed by atoms with E-state index in [9.17, 15) is 9.59 Å². The second-order valence-electron chi connectivity index (χ2n) is 7.15. The Hall–Kier alpha value is -3.42. The molecular formula is C21H23N5O3. The van der Waals surface area contributed by atoms with Crippen molar-refractivity contribution in [2.24, 2.45) is 0 Å². The lowest BCUT2D eigenvalue weighted by atomic mass is 10.1. The molecule has 3 heterocycles. The van der Waals surface area contributed by atoms with Crippen molar-refractivity contribution in [3.05, 3.63) is 59.0 Å². The molecule has 3 aromatic rings. The second kappa shape index (κ2) is 7.54. The van der Waals surface area contributed by atoms with E-state index in [4.69, 9.17) is 4.74 Å². The van der Waals surface area contributed by atoms with Crippen LogP contribution in [-0.2, 0) is 0 Å². The van der Waals surface area contributed by atoms with Gasteiger partial charge in [-0.25, -0.2) is 9.50 Å². The molecule has 2 amide bonds. The molecule has 0 aliphatic carbocycles. The molecule has 8 heteroatoms. The van der Waals surface area contributed by atoms with Crippen molar-refractivity contribution in [3.8, 4) is 5.75 Å². The van der Waals surface area contributed by atoms with Gasteiger partial charge < -0.3 is 14.5 Å². The lowest BCUT2D eigenvalue weighted by Gasteiger charge is -2.34. The zero-order chi connectivity index (χ0) is 20.5. The predicted molar refractivity (Wildman–Crippen MR) is 107 cm³/mol. The molecule has 1 aliphatic heterocycles. The number of nitrogens with zero attached hydrogens (tertiary/aromatic N) is 5. The molecule has 0 N–H and O–H groups in total. The van der Waals surface area contributed by atoms with Gasteiger partial charge in [-0.1, -0.05) is 6.07 Å². The van der Waals surface area contributed by atoms with Crippen LogP contribution in [0.25, 0.3) is 5.65 Å². The molecule has 0 spiro atoms. The van der Waals surface area contributed by atoms with Gasteiger partial charge in [0, 0.05) is 43.1 Å². The van der Waals surface area contributed by atoms with Crippen molar-refractivity contribution >= 4 is 17.5 Å². The molecule has 8 nitrogen and oxygen atoms in total. The average molecular weight is 393 g/mol. The first-order valence-electron chi connectivity index (χ1n) is 9.52. The molecule has 1 fully saturated rings. The largest absolute Gasteiger partial charge is 0.497 e. The number of aryl methyl sites for hydroxylation is 2. The lowest BCUT2D eigenvalue weighted by Crippen LogP contribution is -2.50. The minimum absolute atomic E-state index is 0.0556. The SMILES string of the molecule is COc1cccc(C(=O)N2CCN(C(=O)c3cnn4c(C)cc(C)nc34)CC2)c1. The van der Waals surface area contributed by atoms with Crippen LogP contribution in [0.5, 0.6) is 5.75 Å². The second-order valence-corrected chi connectivity index (χ2v) is 7.15. The van der Waals surface area contributed by atoms with E-state index in [0.29, 0.717) is 48.7 Å². The molecule has 1 aliphatic rings. The van der Waals surface area contributed by atoms with Gasteiger partial charge in [0.25, 0.3) is 11.8 Å². The van der Waals surface area contributed by atoms with E-state index in [1.165, 1.54) is 0 Å². The molecule has 2 aromatic heterocycles. The first-order chi connectivity index (χ1) is 14.0. The summed E-state index contributed by atoms with van der Waals surface area (Å²) in [5.41, 5.74) is 3.42. The molecule has 0 unspecified atom stereocenters. The summed E-state index contributed by atoms with van der Waals surface area (Å²) in [6.45, 7) is 5.73. The lowest BCUT2D eigenvalue weighted by molar-refractivity contribution is 0.0536. The summed E-state index contributed by atoms with van der Waals surface area (Å²) in [6, 6.07) is 9.04. The summed E-state index contributed by atoms with van der Waals surface area (Å²) in [4.78, 5) is 33.8. The first kappa shape index (κ1) is 18.9. The monoisotopic (exact) mass is 393 g/mol. The summed E-state index contributed by atoms with van der Waals surface area (Å²) < 4.78 is 6.88. The van der Waals surface area contributed by atoms with Gasteiger partial charge in [-0.3, -0.25) is 9.59 Å². The van der Waals surface area contributed by atoms with Gasteiger partial charge >= 0.3 is 0 Å². The van der Waals surface area contributed by atoms with Gasteiger partial charge in [-0.15, -0.1) is 0 Å². The van der Waals surface area contributed by atoms with Gasteiger partial charge in [-0.05, 0) is 38.1 Å². The quantitative estimate of drug-likeness (QED) is 0.680. The minimum Gasteiger partial charge on any atom is -0.497 e. The topological polar surface area (TPSA) is 80.0 Å². The van der Waals surface area contributed by atoms with E-state index in [-0.39, 0.29) is 11.8 Å². The summed E-state index contributed by atoms with van der Waals surface area (Å²) in [6.07, 6.45) is 1.57. The van der Waals surface area contributed by atoms with Crippen LogP contribution in [0, 0.1) is 13.8 Å². The maximum atomic E-state index is 13.0. The Morgan fingerprint density at radius 1 is 1.00 bits per heavy atom. The number of amides is 2. The van der Waals surface area contributed by atoms with Gasteiger partial charge in [-0.2, -0.15) is 5.10 Å².